The van der Waals surface area contributed by atoms with E-state index in [1.54, 1.807) is 24.3 Å². The molecule has 0 bridgehead atoms. The molecule has 0 aromatic heterocycles. The Hall–Kier alpha value is -0.880. The number of hydrogen-bond acceptors (Lipinski definition) is 3. The van der Waals surface area contributed by atoms with Crippen LogP contribution in [0.2, 0.25) is 0 Å². The number of amides is 1. The topological polar surface area (TPSA) is 63.2 Å². The molecule has 1 aromatic carbocycles. The predicted octanol–water partition coefficient (Wildman–Crippen LogP) is 2.28. The molecule has 104 valence electrons. The van der Waals surface area contributed by atoms with Crippen molar-refractivity contribution in [1.82, 2.24) is 5.32 Å². The van der Waals surface area contributed by atoms with Gasteiger partial charge in [-0.05, 0) is 37.5 Å². The maximum Gasteiger partial charge on any atom is 0.221 e. The third-order valence-electron chi connectivity index (χ3n) is 3.22. The van der Waals surface area contributed by atoms with Crippen molar-refractivity contribution >= 4 is 31.7 Å². The lowest BCUT2D eigenvalue weighted by atomic mass is 9.93. The van der Waals surface area contributed by atoms with Gasteiger partial charge in [0.1, 0.15) is 0 Å². The molecule has 0 unspecified atom stereocenters. The Balaban J connectivity index is 1.92. The first-order valence-corrected chi connectivity index (χ1v) is 8.69. The number of hydrogen-bond donors (Lipinski definition) is 1. The van der Waals surface area contributed by atoms with Gasteiger partial charge in [0.05, 0.1) is 10.6 Å². The molecule has 0 heterocycles. The lowest BCUT2D eigenvalue weighted by Gasteiger charge is -2.26. The van der Waals surface area contributed by atoms with Crippen molar-refractivity contribution < 1.29 is 13.2 Å². The molecule has 1 aliphatic rings. The molecule has 0 spiro atoms. The number of carbonyl (C=O) groups is 1. The van der Waals surface area contributed by atoms with Gasteiger partial charge in [0.2, 0.25) is 5.91 Å². The second kappa shape index (κ2) is 6.05. The maximum atomic E-state index is 12.1. The lowest BCUT2D eigenvalue weighted by Crippen LogP contribution is -2.40. The summed E-state index contributed by atoms with van der Waals surface area (Å²) in [5.74, 6) is -0.328. The SMILES string of the molecule is O=C(CCS(=O)(=O)c1cccc(Br)c1)NC1CCC1. The summed E-state index contributed by atoms with van der Waals surface area (Å²) >= 11 is 3.24. The maximum absolute atomic E-state index is 12.1. The zero-order valence-corrected chi connectivity index (χ0v) is 12.8. The monoisotopic (exact) mass is 345 g/mol. The van der Waals surface area contributed by atoms with E-state index in [0.717, 1.165) is 19.3 Å². The summed E-state index contributed by atoms with van der Waals surface area (Å²) in [4.78, 5) is 11.9. The van der Waals surface area contributed by atoms with Gasteiger partial charge in [-0.1, -0.05) is 22.0 Å². The number of carbonyl (C=O) groups excluding carboxylic acids is 1. The molecule has 6 heteroatoms. The number of sulfone groups is 1. The van der Waals surface area contributed by atoms with Crippen LogP contribution in [0, 0.1) is 0 Å². The van der Waals surface area contributed by atoms with E-state index in [0.29, 0.717) is 4.47 Å². The normalized spacial score (nSPS) is 15.8. The van der Waals surface area contributed by atoms with Crippen molar-refractivity contribution in [3.05, 3.63) is 28.7 Å². The zero-order valence-electron chi connectivity index (χ0n) is 10.4. The van der Waals surface area contributed by atoms with Gasteiger partial charge in [0.15, 0.2) is 9.84 Å². The van der Waals surface area contributed by atoms with Crippen LogP contribution in [-0.4, -0.2) is 26.1 Å². The Kier molecular flexibility index (Phi) is 4.62. The van der Waals surface area contributed by atoms with Crippen LogP contribution in [-0.2, 0) is 14.6 Å². The van der Waals surface area contributed by atoms with Crippen LogP contribution in [0.1, 0.15) is 25.7 Å². The van der Waals surface area contributed by atoms with E-state index in [2.05, 4.69) is 21.2 Å². The number of rotatable bonds is 5. The van der Waals surface area contributed by atoms with E-state index >= 15 is 0 Å². The van der Waals surface area contributed by atoms with E-state index in [-0.39, 0.29) is 29.0 Å². The highest BCUT2D eigenvalue weighted by molar-refractivity contribution is 9.10. The second-order valence-corrected chi connectivity index (χ2v) is 7.75. The van der Waals surface area contributed by atoms with Crippen molar-refractivity contribution in [2.45, 2.75) is 36.6 Å². The van der Waals surface area contributed by atoms with Crippen molar-refractivity contribution in [2.24, 2.45) is 0 Å². The molecular formula is C13H16BrNO3S. The fourth-order valence-electron chi connectivity index (χ4n) is 1.86. The minimum Gasteiger partial charge on any atom is -0.353 e. The molecule has 1 aliphatic carbocycles. The highest BCUT2D eigenvalue weighted by Crippen LogP contribution is 2.19. The predicted molar refractivity (Wildman–Crippen MR) is 76.6 cm³/mol. The fourth-order valence-corrected chi connectivity index (χ4v) is 3.69. The Morgan fingerprint density at radius 2 is 2.11 bits per heavy atom. The van der Waals surface area contributed by atoms with Crippen LogP contribution >= 0.6 is 15.9 Å². The van der Waals surface area contributed by atoms with Crippen molar-refractivity contribution in [3.8, 4) is 0 Å². The summed E-state index contributed by atoms with van der Waals surface area (Å²) < 4.78 is 24.8. The minimum atomic E-state index is -3.39. The molecule has 0 radical (unpaired) electrons. The van der Waals surface area contributed by atoms with Crippen LogP contribution in [0.25, 0.3) is 0 Å². The Labute approximate surface area is 121 Å². The minimum absolute atomic E-state index is 0.0192. The molecule has 1 N–H and O–H groups in total. The quantitative estimate of drug-likeness (QED) is 0.890. The van der Waals surface area contributed by atoms with E-state index in [9.17, 15) is 13.2 Å². The van der Waals surface area contributed by atoms with Crippen molar-refractivity contribution in [1.29, 1.82) is 0 Å². The average molecular weight is 346 g/mol. The highest BCUT2D eigenvalue weighted by atomic mass is 79.9. The molecule has 4 nitrogen and oxygen atoms in total. The number of benzene rings is 1. The summed E-state index contributed by atoms with van der Waals surface area (Å²) in [6.45, 7) is 0. The first-order valence-electron chi connectivity index (χ1n) is 6.25. The third-order valence-corrected chi connectivity index (χ3v) is 5.43. The smallest absolute Gasteiger partial charge is 0.221 e. The van der Waals surface area contributed by atoms with Gasteiger partial charge in [0, 0.05) is 16.9 Å². The molecular weight excluding hydrogens is 330 g/mol. The van der Waals surface area contributed by atoms with Crippen LogP contribution in [0.5, 0.6) is 0 Å². The molecule has 1 fully saturated rings. The lowest BCUT2D eigenvalue weighted by molar-refractivity contribution is -0.121. The first kappa shape index (κ1) is 14.5. The van der Waals surface area contributed by atoms with Gasteiger partial charge < -0.3 is 5.32 Å². The molecule has 1 aromatic rings. The van der Waals surface area contributed by atoms with Gasteiger partial charge in [-0.2, -0.15) is 0 Å². The largest absolute Gasteiger partial charge is 0.353 e. The zero-order chi connectivity index (χ0) is 13.9. The van der Waals surface area contributed by atoms with E-state index in [4.69, 9.17) is 0 Å². The Morgan fingerprint density at radius 1 is 1.37 bits per heavy atom. The summed E-state index contributed by atoms with van der Waals surface area (Å²) in [7, 11) is -3.39. The van der Waals surface area contributed by atoms with Crippen LogP contribution < -0.4 is 5.32 Å². The molecule has 0 saturated heterocycles. The first-order chi connectivity index (χ1) is 8.97. The van der Waals surface area contributed by atoms with Gasteiger partial charge in [0.25, 0.3) is 0 Å². The van der Waals surface area contributed by atoms with E-state index in [1.807, 2.05) is 0 Å². The molecule has 0 aliphatic heterocycles. The van der Waals surface area contributed by atoms with Gasteiger partial charge >= 0.3 is 0 Å². The Morgan fingerprint density at radius 3 is 2.68 bits per heavy atom. The standard InChI is InChI=1S/C13H16BrNO3S/c14-10-3-1-6-12(9-10)19(17,18)8-7-13(16)15-11-4-2-5-11/h1,3,6,9,11H,2,4-5,7-8H2,(H,15,16). The molecule has 1 amide bonds. The van der Waals surface area contributed by atoms with Gasteiger partial charge in [-0.15, -0.1) is 0 Å². The summed E-state index contributed by atoms with van der Waals surface area (Å²) in [5, 5.41) is 2.84. The van der Waals surface area contributed by atoms with E-state index in [1.165, 1.54) is 0 Å². The third kappa shape index (κ3) is 4.04. The number of halogens is 1. The average Bonchev–Trinajstić information content (AvgIpc) is 2.31. The van der Waals surface area contributed by atoms with Crippen LogP contribution in [0.3, 0.4) is 0 Å². The summed E-state index contributed by atoms with van der Waals surface area (Å²) in [5.41, 5.74) is 0. The summed E-state index contributed by atoms with van der Waals surface area (Å²) in [6, 6.07) is 6.79. The molecule has 1 saturated carbocycles. The van der Waals surface area contributed by atoms with Gasteiger partial charge in [-0.3, -0.25) is 4.79 Å². The highest BCUT2D eigenvalue weighted by Gasteiger charge is 2.21. The Bertz CT molecular complexity index is 567. The summed E-state index contributed by atoms with van der Waals surface area (Å²) in [6.07, 6.45) is 3.17. The second-order valence-electron chi connectivity index (χ2n) is 4.72. The van der Waals surface area contributed by atoms with Crippen LogP contribution in [0.15, 0.2) is 33.6 Å². The molecule has 2 rings (SSSR count). The van der Waals surface area contributed by atoms with Gasteiger partial charge in [-0.25, -0.2) is 8.42 Å². The molecule has 0 atom stereocenters. The van der Waals surface area contributed by atoms with Crippen molar-refractivity contribution in [2.75, 3.05) is 5.75 Å². The molecule has 19 heavy (non-hydrogen) atoms. The number of nitrogens with one attached hydrogen (secondary N) is 1. The fraction of sp³-hybridized carbons (Fsp3) is 0.462. The van der Waals surface area contributed by atoms with Crippen LogP contribution in [0.4, 0.5) is 0 Å². The van der Waals surface area contributed by atoms with Crippen molar-refractivity contribution in [3.63, 3.8) is 0 Å². The van der Waals surface area contributed by atoms with E-state index < -0.39 is 9.84 Å².